The van der Waals surface area contributed by atoms with Crippen LogP contribution in [0.15, 0.2) is 10.4 Å². The van der Waals surface area contributed by atoms with Gasteiger partial charge >= 0.3 is 0 Å². The molecule has 0 aromatic carbocycles. The van der Waals surface area contributed by atoms with Crippen molar-refractivity contribution >= 4 is 41.3 Å². The number of nitrogens with zero attached hydrogens (tertiary/aromatic N) is 3. The summed E-state index contributed by atoms with van der Waals surface area (Å²) >= 11 is 1.77. The van der Waals surface area contributed by atoms with Crippen LogP contribution in [0.5, 0.6) is 0 Å². The van der Waals surface area contributed by atoms with E-state index in [-0.39, 0.29) is 24.0 Å². The van der Waals surface area contributed by atoms with Gasteiger partial charge in [0.05, 0.1) is 10.7 Å². The Kier molecular flexibility index (Phi) is 8.55. The van der Waals surface area contributed by atoms with Gasteiger partial charge < -0.3 is 10.2 Å². The molecule has 2 heterocycles. The summed E-state index contributed by atoms with van der Waals surface area (Å²) in [5.41, 5.74) is 1.18. The molecule has 0 atom stereocenters. The summed E-state index contributed by atoms with van der Waals surface area (Å²) in [4.78, 5) is 11.8. The van der Waals surface area contributed by atoms with Crippen molar-refractivity contribution in [3.8, 4) is 0 Å². The summed E-state index contributed by atoms with van der Waals surface area (Å²) in [5, 5.41) is 6.80. The van der Waals surface area contributed by atoms with Crippen LogP contribution >= 0.6 is 35.3 Å². The number of thiazole rings is 1. The van der Waals surface area contributed by atoms with Crippen molar-refractivity contribution in [3.63, 3.8) is 0 Å². The van der Waals surface area contributed by atoms with Crippen LogP contribution in [-0.2, 0) is 6.42 Å². The predicted molar refractivity (Wildman–Crippen MR) is 102 cm³/mol. The molecule has 4 nitrogen and oxygen atoms in total. The Hall–Kier alpha value is -0.370. The van der Waals surface area contributed by atoms with Gasteiger partial charge in [-0.05, 0) is 19.8 Å². The standard InChI is InChI=1S/C15H26N4S.HI/c1-4-16-15(19-9-5-6-10-19)17-8-7-13-11-20-14(18-13)12(2)3;/h11-12H,4-10H2,1-3H3,(H,16,17);1H. The lowest BCUT2D eigenvalue weighted by Gasteiger charge is -2.20. The van der Waals surface area contributed by atoms with Gasteiger partial charge in [-0.3, -0.25) is 4.99 Å². The molecule has 1 saturated heterocycles. The monoisotopic (exact) mass is 422 g/mol. The van der Waals surface area contributed by atoms with Crippen LogP contribution in [0.25, 0.3) is 0 Å². The molecule has 1 fully saturated rings. The third-order valence-corrected chi connectivity index (χ3v) is 4.63. The molecule has 1 aliphatic heterocycles. The Labute approximate surface area is 149 Å². The predicted octanol–water partition coefficient (Wildman–Crippen LogP) is 3.49. The first-order valence-electron chi connectivity index (χ1n) is 7.68. The average Bonchev–Trinajstić information content (AvgIpc) is 3.09. The van der Waals surface area contributed by atoms with E-state index in [9.17, 15) is 0 Å². The molecule has 6 heteroatoms. The Morgan fingerprint density at radius 2 is 2.14 bits per heavy atom. The lowest BCUT2D eigenvalue weighted by molar-refractivity contribution is 0.494. The molecule has 120 valence electrons. The smallest absolute Gasteiger partial charge is 0.193 e. The van der Waals surface area contributed by atoms with Crippen molar-refractivity contribution < 1.29 is 0 Å². The number of rotatable bonds is 5. The second-order valence-corrected chi connectivity index (χ2v) is 6.40. The number of aliphatic imine (C=N–C) groups is 1. The number of hydrogen-bond donors (Lipinski definition) is 1. The summed E-state index contributed by atoms with van der Waals surface area (Å²) in [7, 11) is 0. The minimum atomic E-state index is 0. The van der Waals surface area contributed by atoms with E-state index in [1.807, 2.05) is 0 Å². The molecular formula is C15H27IN4S. The second kappa shape index (κ2) is 9.61. The van der Waals surface area contributed by atoms with Crippen LogP contribution in [0, 0.1) is 0 Å². The summed E-state index contributed by atoms with van der Waals surface area (Å²) in [6.07, 6.45) is 3.51. The highest BCUT2D eigenvalue weighted by atomic mass is 127. The van der Waals surface area contributed by atoms with Crippen LogP contribution < -0.4 is 5.32 Å². The lowest BCUT2D eigenvalue weighted by Crippen LogP contribution is -2.39. The molecule has 0 spiro atoms. The fourth-order valence-electron chi connectivity index (χ4n) is 2.33. The maximum absolute atomic E-state index is 4.74. The number of likely N-dealkylation sites (tertiary alicyclic amines) is 1. The molecule has 0 saturated carbocycles. The van der Waals surface area contributed by atoms with Crippen LogP contribution in [0.3, 0.4) is 0 Å². The zero-order valence-electron chi connectivity index (χ0n) is 13.3. The van der Waals surface area contributed by atoms with E-state index in [2.05, 4.69) is 41.4 Å². The molecule has 0 radical (unpaired) electrons. The largest absolute Gasteiger partial charge is 0.357 e. The normalized spacial score (nSPS) is 15.4. The highest BCUT2D eigenvalue weighted by Crippen LogP contribution is 2.19. The molecule has 1 aromatic rings. The van der Waals surface area contributed by atoms with E-state index < -0.39 is 0 Å². The van der Waals surface area contributed by atoms with Gasteiger partial charge in [0, 0.05) is 43.9 Å². The summed E-state index contributed by atoms with van der Waals surface area (Å²) in [6.45, 7) is 10.5. The van der Waals surface area contributed by atoms with Gasteiger partial charge in [0.15, 0.2) is 5.96 Å². The molecular weight excluding hydrogens is 395 g/mol. The van der Waals surface area contributed by atoms with Gasteiger partial charge in [-0.25, -0.2) is 4.98 Å². The minimum absolute atomic E-state index is 0. The lowest BCUT2D eigenvalue weighted by atomic mass is 10.2. The summed E-state index contributed by atoms with van der Waals surface area (Å²) in [6, 6.07) is 0. The van der Waals surface area contributed by atoms with Gasteiger partial charge in [0.25, 0.3) is 0 Å². The number of nitrogens with one attached hydrogen (secondary N) is 1. The highest BCUT2D eigenvalue weighted by molar-refractivity contribution is 14.0. The average molecular weight is 422 g/mol. The molecule has 1 aromatic heterocycles. The van der Waals surface area contributed by atoms with Crippen LogP contribution in [-0.4, -0.2) is 42.0 Å². The maximum atomic E-state index is 4.74. The van der Waals surface area contributed by atoms with Crippen LogP contribution in [0.2, 0.25) is 0 Å². The van der Waals surface area contributed by atoms with E-state index in [0.29, 0.717) is 5.92 Å². The van der Waals surface area contributed by atoms with E-state index in [0.717, 1.165) is 38.6 Å². The maximum Gasteiger partial charge on any atom is 0.193 e. The first kappa shape index (κ1) is 18.7. The van der Waals surface area contributed by atoms with Crippen molar-refractivity contribution in [2.75, 3.05) is 26.2 Å². The van der Waals surface area contributed by atoms with Crippen molar-refractivity contribution in [2.45, 2.75) is 46.0 Å². The minimum Gasteiger partial charge on any atom is -0.357 e. The molecule has 1 aliphatic rings. The van der Waals surface area contributed by atoms with Gasteiger partial charge in [-0.1, -0.05) is 13.8 Å². The number of hydrogen-bond acceptors (Lipinski definition) is 3. The van der Waals surface area contributed by atoms with Crippen LogP contribution in [0.4, 0.5) is 0 Å². The Balaban J connectivity index is 0.00000220. The summed E-state index contributed by atoms with van der Waals surface area (Å²) < 4.78 is 0. The SMILES string of the molecule is CCNC(=NCCc1csc(C(C)C)n1)N1CCCC1.I. The van der Waals surface area contributed by atoms with E-state index in [1.54, 1.807) is 11.3 Å². The molecule has 1 N–H and O–H groups in total. The molecule has 21 heavy (non-hydrogen) atoms. The van der Waals surface area contributed by atoms with Crippen molar-refractivity contribution in [1.29, 1.82) is 0 Å². The molecule has 2 rings (SSSR count). The number of halogens is 1. The van der Waals surface area contributed by atoms with Gasteiger partial charge in [-0.2, -0.15) is 0 Å². The van der Waals surface area contributed by atoms with Crippen molar-refractivity contribution in [1.82, 2.24) is 15.2 Å². The zero-order chi connectivity index (χ0) is 14.4. The van der Waals surface area contributed by atoms with E-state index >= 15 is 0 Å². The quantitative estimate of drug-likeness (QED) is 0.449. The first-order chi connectivity index (χ1) is 9.70. The molecule has 0 unspecified atom stereocenters. The van der Waals surface area contributed by atoms with E-state index in [4.69, 9.17) is 4.99 Å². The van der Waals surface area contributed by atoms with Gasteiger partial charge in [-0.15, -0.1) is 35.3 Å². The first-order valence-corrected chi connectivity index (χ1v) is 8.56. The highest BCUT2D eigenvalue weighted by Gasteiger charge is 2.15. The molecule has 0 bridgehead atoms. The van der Waals surface area contributed by atoms with Gasteiger partial charge in [0.2, 0.25) is 0 Å². The molecule has 0 aliphatic carbocycles. The summed E-state index contributed by atoms with van der Waals surface area (Å²) in [5.74, 6) is 1.60. The zero-order valence-corrected chi connectivity index (χ0v) is 16.4. The Morgan fingerprint density at radius 3 is 2.71 bits per heavy atom. The van der Waals surface area contributed by atoms with Crippen molar-refractivity contribution in [2.24, 2.45) is 4.99 Å². The van der Waals surface area contributed by atoms with Gasteiger partial charge in [0.1, 0.15) is 0 Å². The Bertz CT molecular complexity index is 439. The second-order valence-electron chi connectivity index (χ2n) is 5.51. The van der Waals surface area contributed by atoms with Crippen molar-refractivity contribution in [3.05, 3.63) is 16.1 Å². The third kappa shape index (κ3) is 5.73. The van der Waals surface area contributed by atoms with E-state index in [1.165, 1.54) is 23.5 Å². The van der Waals surface area contributed by atoms with Crippen LogP contribution in [0.1, 0.15) is 50.2 Å². The topological polar surface area (TPSA) is 40.5 Å². The Morgan fingerprint density at radius 1 is 1.43 bits per heavy atom. The fourth-order valence-corrected chi connectivity index (χ4v) is 3.20. The number of guanidine groups is 1. The number of aromatic nitrogens is 1. The third-order valence-electron chi connectivity index (χ3n) is 3.43. The fraction of sp³-hybridized carbons (Fsp3) is 0.733. The molecule has 0 amide bonds.